The van der Waals surface area contributed by atoms with E-state index < -0.39 is 0 Å². The van der Waals surface area contributed by atoms with E-state index in [1.54, 1.807) is 4.57 Å². The molecule has 0 unspecified atom stereocenters. The van der Waals surface area contributed by atoms with Crippen LogP contribution < -0.4 is 16.7 Å². The van der Waals surface area contributed by atoms with Gasteiger partial charge in [-0.15, -0.1) is 0 Å². The molecule has 0 saturated heterocycles. The SMILES string of the molecule is Nc1nc(NC2CCCCC2)nc2c1[nH]c(=O)n2Cc1ccccc1. The molecular weight excluding hydrogens is 316 g/mol. The fraction of sp³-hybridized carbons (Fsp3) is 0.389. The summed E-state index contributed by atoms with van der Waals surface area (Å²) in [6, 6.07) is 10.2. The molecular formula is C18H22N6O. The van der Waals surface area contributed by atoms with Crippen LogP contribution in [0.15, 0.2) is 35.1 Å². The van der Waals surface area contributed by atoms with Gasteiger partial charge in [-0.2, -0.15) is 9.97 Å². The molecule has 130 valence electrons. The maximum atomic E-state index is 12.4. The summed E-state index contributed by atoms with van der Waals surface area (Å²) in [6.45, 7) is 0.443. The Kier molecular flexibility index (Phi) is 4.13. The average Bonchev–Trinajstić information content (AvgIpc) is 2.94. The summed E-state index contributed by atoms with van der Waals surface area (Å²) >= 11 is 0. The number of nitrogens with one attached hydrogen (secondary N) is 2. The molecule has 4 N–H and O–H groups in total. The van der Waals surface area contributed by atoms with Gasteiger partial charge in [0.15, 0.2) is 11.5 Å². The Hall–Kier alpha value is -2.83. The molecule has 1 aliphatic carbocycles. The van der Waals surface area contributed by atoms with Crippen LogP contribution in [0.4, 0.5) is 11.8 Å². The second-order valence-electron chi connectivity index (χ2n) is 6.61. The molecule has 25 heavy (non-hydrogen) atoms. The van der Waals surface area contributed by atoms with Gasteiger partial charge in [-0.05, 0) is 18.4 Å². The van der Waals surface area contributed by atoms with Gasteiger partial charge in [0.05, 0.1) is 6.54 Å². The molecule has 0 bridgehead atoms. The van der Waals surface area contributed by atoms with Crippen molar-refractivity contribution < 1.29 is 0 Å². The molecule has 2 heterocycles. The van der Waals surface area contributed by atoms with E-state index in [9.17, 15) is 4.79 Å². The van der Waals surface area contributed by atoms with Gasteiger partial charge in [-0.3, -0.25) is 4.57 Å². The monoisotopic (exact) mass is 338 g/mol. The Balaban J connectivity index is 1.70. The third-order valence-electron chi connectivity index (χ3n) is 4.77. The van der Waals surface area contributed by atoms with Crippen molar-refractivity contribution in [2.24, 2.45) is 0 Å². The number of benzene rings is 1. The van der Waals surface area contributed by atoms with Crippen LogP contribution in [-0.4, -0.2) is 25.6 Å². The molecule has 0 spiro atoms. The fourth-order valence-corrected chi connectivity index (χ4v) is 3.46. The van der Waals surface area contributed by atoms with E-state index in [1.165, 1.54) is 19.3 Å². The summed E-state index contributed by atoms with van der Waals surface area (Å²) in [5.41, 5.74) is 7.90. The first kappa shape index (κ1) is 15.7. The van der Waals surface area contributed by atoms with Crippen molar-refractivity contribution in [1.82, 2.24) is 19.5 Å². The second-order valence-corrected chi connectivity index (χ2v) is 6.61. The zero-order valence-corrected chi connectivity index (χ0v) is 14.0. The molecule has 0 radical (unpaired) electrons. The minimum absolute atomic E-state index is 0.227. The van der Waals surface area contributed by atoms with Crippen LogP contribution in [-0.2, 0) is 6.54 Å². The molecule has 0 atom stereocenters. The lowest BCUT2D eigenvalue weighted by atomic mass is 9.96. The number of nitrogen functional groups attached to an aromatic ring is 1. The summed E-state index contributed by atoms with van der Waals surface area (Å²) in [4.78, 5) is 24.0. The normalized spacial score (nSPS) is 15.5. The van der Waals surface area contributed by atoms with Crippen LogP contribution in [0.2, 0.25) is 0 Å². The standard InChI is InChI=1S/C18H22N6O/c19-15-14-16(23-17(22-15)20-13-9-5-2-6-10-13)24(18(25)21-14)11-12-7-3-1-4-8-12/h1,3-4,7-8,13H,2,5-6,9-11H2,(H,21,25)(H3,19,20,22,23). The lowest BCUT2D eigenvalue weighted by molar-refractivity contribution is 0.461. The quantitative estimate of drug-likeness (QED) is 0.678. The van der Waals surface area contributed by atoms with Crippen molar-refractivity contribution in [2.45, 2.75) is 44.7 Å². The number of imidazole rings is 1. The second kappa shape index (κ2) is 6.58. The van der Waals surface area contributed by atoms with Gasteiger partial charge < -0.3 is 16.0 Å². The predicted molar refractivity (Wildman–Crippen MR) is 98.6 cm³/mol. The van der Waals surface area contributed by atoms with E-state index in [0.29, 0.717) is 35.5 Å². The Labute approximate surface area is 145 Å². The summed E-state index contributed by atoms with van der Waals surface area (Å²) in [7, 11) is 0. The van der Waals surface area contributed by atoms with Crippen LogP contribution >= 0.6 is 0 Å². The lowest BCUT2D eigenvalue weighted by Gasteiger charge is -2.22. The number of anilines is 2. The van der Waals surface area contributed by atoms with Gasteiger partial charge in [0, 0.05) is 6.04 Å². The van der Waals surface area contributed by atoms with Crippen molar-refractivity contribution in [1.29, 1.82) is 0 Å². The third-order valence-corrected chi connectivity index (χ3v) is 4.77. The molecule has 7 heteroatoms. The Morgan fingerprint density at radius 3 is 2.68 bits per heavy atom. The Morgan fingerprint density at radius 2 is 1.92 bits per heavy atom. The zero-order valence-electron chi connectivity index (χ0n) is 14.0. The molecule has 0 aliphatic heterocycles. The number of nitrogens with zero attached hydrogens (tertiary/aromatic N) is 3. The van der Waals surface area contributed by atoms with E-state index in [1.807, 2.05) is 30.3 Å². The number of aromatic nitrogens is 4. The van der Waals surface area contributed by atoms with Crippen molar-refractivity contribution >= 4 is 22.9 Å². The minimum Gasteiger partial charge on any atom is -0.382 e. The van der Waals surface area contributed by atoms with Gasteiger partial charge in [-0.25, -0.2) is 4.79 Å². The van der Waals surface area contributed by atoms with Crippen LogP contribution in [0.1, 0.15) is 37.7 Å². The van der Waals surface area contributed by atoms with Gasteiger partial charge in [0.2, 0.25) is 5.95 Å². The number of H-pyrrole nitrogens is 1. The van der Waals surface area contributed by atoms with Crippen LogP contribution in [0, 0.1) is 0 Å². The van der Waals surface area contributed by atoms with Crippen LogP contribution in [0.25, 0.3) is 11.2 Å². The predicted octanol–water partition coefficient (Wildman–Crippen LogP) is 2.49. The molecule has 4 rings (SSSR count). The maximum absolute atomic E-state index is 12.4. The van der Waals surface area contributed by atoms with Gasteiger partial charge in [0.25, 0.3) is 0 Å². The zero-order chi connectivity index (χ0) is 17.2. The van der Waals surface area contributed by atoms with Crippen molar-refractivity contribution in [3.05, 3.63) is 46.4 Å². The number of fused-ring (bicyclic) bond motifs is 1. The number of rotatable bonds is 4. The highest BCUT2D eigenvalue weighted by Gasteiger charge is 2.18. The first-order chi connectivity index (χ1) is 12.2. The van der Waals surface area contributed by atoms with E-state index in [-0.39, 0.29) is 5.69 Å². The summed E-state index contributed by atoms with van der Waals surface area (Å²) in [6.07, 6.45) is 5.96. The first-order valence-corrected chi connectivity index (χ1v) is 8.77. The van der Waals surface area contributed by atoms with E-state index in [0.717, 1.165) is 18.4 Å². The maximum Gasteiger partial charge on any atom is 0.328 e. The molecule has 1 aliphatic rings. The molecule has 1 saturated carbocycles. The minimum atomic E-state index is -0.227. The topological polar surface area (TPSA) is 102 Å². The van der Waals surface area contributed by atoms with Gasteiger partial charge in [-0.1, -0.05) is 49.6 Å². The highest BCUT2D eigenvalue weighted by Crippen LogP contribution is 2.22. The largest absolute Gasteiger partial charge is 0.382 e. The van der Waals surface area contributed by atoms with E-state index >= 15 is 0 Å². The molecule has 3 aromatic rings. The highest BCUT2D eigenvalue weighted by atomic mass is 16.1. The van der Waals surface area contributed by atoms with Crippen molar-refractivity contribution in [2.75, 3.05) is 11.1 Å². The highest BCUT2D eigenvalue weighted by molar-refractivity contribution is 5.82. The van der Waals surface area contributed by atoms with Crippen molar-refractivity contribution in [3.8, 4) is 0 Å². The molecule has 1 fully saturated rings. The van der Waals surface area contributed by atoms with Gasteiger partial charge in [0.1, 0.15) is 5.52 Å². The van der Waals surface area contributed by atoms with E-state index in [2.05, 4.69) is 20.3 Å². The van der Waals surface area contributed by atoms with Crippen LogP contribution in [0.5, 0.6) is 0 Å². The summed E-state index contributed by atoms with van der Waals surface area (Å²) in [5.74, 6) is 0.796. The number of hydrogen-bond donors (Lipinski definition) is 3. The number of hydrogen-bond acceptors (Lipinski definition) is 5. The first-order valence-electron chi connectivity index (χ1n) is 8.77. The van der Waals surface area contributed by atoms with E-state index in [4.69, 9.17) is 5.73 Å². The summed E-state index contributed by atoms with van der Waals surface area (Å²) < 4.78 is 1.61. The molecule has 1 aromatic carbocycles. The third kappa shape index (κ3) is 3.22. The van der Waals surface area contributed by atoms with Crippen LogP contribution in [0.3, 0.4) is 0 Å². The molecule has 0 amide bonds. The van der Waals surface area contributed by atoms with Gasteiger partial charge >= 0.3 is 5.69 Å². The average molecular weight is 338 g/mol. The molecule has 7 nitrogen and oxygen atoms in total. The Morgan fingerprint density at radius 1 is 1.16 bits per heavy atom. The Bertz CT molecular complexity index is 924. The fourth-order valence-electron chi connectivity index (χ4n) is 3.46. The summed E-state index contributed by atoms with van der Waals surface area (Å²) in [5, 5.41) is 3.38. The number of aromatic amines is 1. The molecule has 2 aromatic heterocycles. The smallest absolute Gasteiger partial charge is 0.328 e. The number of nitrogens with two attached hydrogens (primary N) is 1. The lowest BCUT2D eigenvalue weighted by Crippen LogP contribution is -2.24. The van der Waals surface area contributed by atoms with Crippen molar-refractivity contribution in [3.63, 3.8) is 0 Å².